The highest BCUT2D eigenvalue weighted by Gasteiger charge is 2.09. The van der Waals surface area contributed by atoms with Gasteiger partial charge < -0.3 is 14.2 Å². The summed E-state index contributed by atoms with van der Waals surface area (Å²) < 4.78 is 83.9. The van der Waals surface area contributed by atoms with Crippen LogP contribution in [0.15, 0.2) is 24.3 Å². The van der Waals surface area contributed by atoms with Crippen molar-refractivity contribution in [1.29, 1.82) is 0 Å². The van der Waals surface area contributed by atoms with E-state index in [0.29, 0.717) is 12.4 Å². The molecular weight excluding hydrogens is 302 g/mol. The van der Waals surface area contributed by atoms with Crippen molar-refractivity contribution in [1.82, 2.24) is 4.90 Å². The highest BCUT2D eigenvalue weighted by Crippen LogP contribution is 2.18. The number of benzene rings is 1. The zero-order chi connectivity index (χ0) is 22.6. The molecule has 1 aromatic rings. The molecule has 4 nitrogen and oxygen atoms in total. The van der Waals surface area contributed by atoms with Crippen molar-refractivity contribution in [3.8, 4) is 11.5 Å². The molecule has 0 radical (unpaired) electrons. The summed E-state index contributed by atoms with van der Waals surface area (Å²) in [4.78, 5) is 2.29. The molecule has 0 aromatic heterocycles. The molecule has 22 heavy (non-hydrogen) atoms. The maximum atomic E-state index is 7.82. The van der Waals surface area contributed by atoms with E-state index in [4.69, 9.17) is 26.5 Å². The van der Waals surface area contributed by atoms with Crippen LogP contribution in [0.4, 0.5) is 0 Å². The van der Waals surface area contributed by atoms with Crippen LogP contribution in [-0.2, 0) is 4.74 Å². The van der Waals surface area contributed by atoms with Gasteiger partial charge in [0, 0.05) is 29.2 Å². The molecule has 0 bridgehead atoms. The van der Waals surface area contributed by atoms with E-state index in [-0.39, 0.29) is 18.2 Å². The van der Waals surface area contributed by atoms with Crippen molar-refractivity contribution >= 4 is 12.4 Å². The molecule has 1 aromatic carbocycles. The molecule has 0 amide bonds. The molecule has 0 atom stereocenters. The molecule has 1 heterocycles. The first-order valence-corrected chi connectivity index (χ1v) is 7.00. The monoisotopic (exact) mass is 338 g/mol. The molecule has 0 saturated carbocycles. The van der Waals surface area contributed by atoms with Crippen molar-refractivity contribution in [2.75, 3.05) is 46.0 Å². The van der Waals surface area contributed by atoms with Gasteiger partial charge in [0.25, 0.3) is 0 Å². The minimum atomic E-state index is -3.47. The van der Waals surface area contributed by atoms with Crippen LogP contribution in [0.3, 0.4) is 0 Å². The Morgan fingerprint density at radius 3 is 2.55 bits per heavy atom. The van der Waals surface area contributed by atoms with Gasteiger partial charge in [0.2, 0.25) is 0 Å². The van der Waals surface area contributed by atoms with Crippen LogP contribution in [0.25, 0.3) is 0 Å². The number of nitrogens with zero attached hydrogens (tertiary/aromatic N) is 1. The summed E-state index contributed by atoms with van der Waals surface area (Å²) in [6, 6.07) is 5.76. The second kappa shape index (κ2) is 11.6. The maximum Gasteiger partial charge on any atom is 0.119 e. The fraction of sp³-hybridized carbons (Fsp3) is 0.647. The van der Waals surface area contributed by atoms with Crippen LogP contribution in [0.2, 0.25) is 0 Å². The Morgan fingerprint density at radius 1 is 1.18 bits per heavy atom. The second-order valence-electron chi connectivity index (χ2n) is 4.58. The summed E-state index contributed by atoms with van der Waals surface area (Å²) in [7, 11) is 0. The Balaban J connectivity index is 0.00000480. The summed E-state index contributed by atoms with van der Waals surface area (Å²) in [6.07, 6.45) is -6.09. The van der Waals surface area contributed by atoms with Gasteiger partial charge in [-0.15, -0.1) is 12.4 Å². The van der Waals surface area contributed by atoms with Crippen LogP contribution in [0.1, 0.15) is 38.4 Å². The first kappa shape index (κ1) is 9.36. The number of halogens is 1. The van der Waals surface area contributed by atoms with Gasteiger partial charge in [-0.05, 0) is 37.1 Å². The molecule has 0 aliphatic carbocycles. The van der Waals surface area contributed by atoms with Gasteiger partial charge in [0.1, 0.15) is 11.5 Å². The lowest BCUT2D eigenvalue weighted by molar-refractivity contribution is 0.0358. The molecule has 126 valence electrons. The third kappa shape index (κ3) is 7.34. The molecule has 0 N–H and O–H groups in total. The van der Waals surface area contributed by atoms with E-state index >= 15 is 0 Å². The number of hydrogen-bond donors (Lipinski definition) is 0. The molecule has 0 unspecified atom stereocenters. The van der Waals surface area contributed by atoms with Crippen molar-refractivity contribution in [2.24, 2.45) is 0 Å². The molecule has 2 rings (SSSR count). The van der Waals surface area contributed by atoms with Gasteiger partial charge in [-0.2, -0.15) is 0 Å². The molecule has 1 aliphatic heterocycles. The van der Waals surface area contributed by atoms with Crippen LogP contribution < -0.4 is 9.47 Å². The fourth-order valence-corrected chi connectivity index (χ4v) is 2.02. The number of hydrogen-bond acceptors (Lipinski definition) is 4. The average molecular weight is 339 g/mol. The topological polar surface area (TPSA) is 30.9 Å². The van der Waals surface area contributed by atoms with Crippen molar-refractivity contribution in [3.05, 3.63) is 24.3 Å². The molecule has 0 spiro atoms. The predicted molar refractivity (Wildman–Crippen MR) is 91.5 cm³/mol. The lowest BCUT2D eigenvalue weighted by Gasteiger charge is -2.26. The minimum Gasteiger partial charge on any atom is -0.494 e. The Morgan fingerprint density at radius 2 is 1.86 bits per heavy atom. The van der Waals surface area contributed by atoms with E-state index in [0.717, 1.165) is 39.3 Å². The van der Waals surface area contributed by atoms with Crippen molar-refractivity contribution in [2.45, 2.75) is 26.0 Å². The van der Waals surface area contributed by atoms with E-state index in [1.165, 1.54) is 24.3 Å². The average Bonchev–Trinajstić information content (AvgIpc) is 2.66. The van der Waals surface area contributed by atoms with Crippen LogP contribution >= 0.6 is 12.4 Å². The maximum absolute atomic E-state index is 7.82. The lowest BCUT2D eigenvalue weighted by atomic mass is 10.3. The first-order valence-electron chi connectivity index (χ1n) is 11.5. The zero-order valence-electron chi connectivity index (χ0n) is 21.3. The van der Waals surface area contributed by atoms with Crippen molar-refractivity contribution in [3.63, 3.8) is 0 Å². The SMILES string of the molecule is Cl.[2H]C([2H])([2H])C([2H])([2H])C([2H])([2H])C([2H])([2H])Oc1ccc(OCCCN2CCOCC2)cc1. The lowest BCUT2D eigenvalue weighted by Crippen LogP contribution is -2.37. The van der Waals surface area contributed by atoms with Crippen LogP contribution in [-0.4, -0.2) is 50.9 Å². The Kier molecular flexibility index (Phi) is 4.92. The van der Waals surface area contributed by atoms with Crippen LogP contribution in [0.5, 0.6) is 11.5 Å². The Bertz CT molecular complexity index is 680. The Labute approximate surface area is 152 Å². The van der Waals surface area contributed by atoms with Gasteiger partial charge in [0.15, 0.2) is 0 Å². The first-order chi connectivity index (χ1) is 13.8. The quantitative estimate of drug-likeness (QED) is 0.646. The number of morpholine rings is 1. The standard InChI is InChI=1S/C17H27NO3.ClH/c1-2-3-12-20-16-5-7-17(8-6-16)21-13-4-9-18-10-14-19-15-11-18;/h5-8H,2-4,9-15H2,1H3;1H/i1D3,2D2,3D2,12D2;. The molecule has 1 fully saturated rings. The van der Waals surface area contributed by atoms with Gasteiger partial charge in [-0.1, -0.05) is 13.2 Å². The largest absolute Gasteiger partial charge is 0.494 e. The molecule has 1 aliphatic rings. The minimum absolute atomic E-state index is 0. The van der Waals surface area contributed by atoms with Gasteiger partial charge in [0.05, 0.1) is 29.1 Å². The van der Waals surface area contributed by atoms with E-state index in [2.05, 4.69) is 4.90 Å². The summed E-state index contributed by atoms with van der Waals surface area (Å²) >= 11 is 0. The third-order valence-electron chi connectivity index (χ3n) is 3.10. The zero-order valence-corrected chi connectivity index (χ0v) is 13.2. The van der Waals surface area contributed by atoms with Crippen molar-refractivity contribution < 1.29 is 26.5 Å². The van der Waals surface area contributed by atoms with E-state index in [9.17, 15) is 0 Å². The van der Waals surface area contributed by atoms with E-state index in [1.807, 2.05) is 0 Å². The molecular formula is C17H28ClNO3. The fourth-order valence-electron chi connectivity index (χ4n) is 2.02. The predicted octanol–water partition coefficient (Wildman–Crippen LogP) is 3.39. The Hall–Kier alpha value is -0.970. The summed E-state index contributed by atoms with van der Waals surface area (Å²) in [5.41, 5.74) is 0. The number of ether oxygens (including phenoxy) is 3. The second-order valence-corrected chi connectivity index (χ2v) is 4.58. The highest BCUT2D eigenvalue weighted by atomic mass is 35.5. The third-order valence-corrected chi connectivity index (χ3v) is 3.10. The summed E-state index contributed by atoms with van der Waals surface area (Å²) in [5, 5.41) is 0. The smallest absolute Gasteiger partial charge is 0.119 e. The summed E-state index contributed by atoms with van der Waals surface area (Å²) in [6.45, 7) is -1.94. The van der Waals surface area contributed by atoms with Gasteiger partial charge >= 0.3 is 0 Å². The normalized spacial score (nSPS) is 23.7. The van der Waals surface area contributed by atoms with E-state index < -0.39 is 26.2 Å². The van der Waals surface area contributed by atoms with Crippen LogP contribution in [0, 0.1) is 0 Å². The molecule has 1 saturated heterocycles. The van der Waals surface area contributed by atoms with Gasteiger partial charge in [-0.25, -0.2) is 0 Å². The van der Waals surface area contributed by atoms with E-state index in [1.54, 1.807) is 0 Å². The van der Waals surface area contributed by atoms with Gasteiger partial charge in [-0.3, -0.25) is 4.90 Å². The highest BCUT2D eigenvalue weighted by molar-refractivity contribution is 5.85. The molecule has 5 heteroatoms. The summed E-state index contributed by atoms with van der Waals surface area (Å²) in [5.74, 6) is 0.441. The number of rotatable bonds is 9.